The van der Waals surface area contributed by atoms with Crippen LogP contribution in [0.5, 0.6) is 5.75 Å². The Morgan fingerprint density at radius 2 is 2.16 bits per heavy atom. The number of benzene rings is 1. The molecule has 0 bridgehead atoms. The van der Waals surface area contributed by atoms with Crippen LogP contribution < -0.4 is 15.4 Å². The zero-order valence-electron chi connectivity index (χ0n) is 14.0. The summed E-state index contributed by atoms with van der Waals surface area (Å²) in [6, 6.07) is 9.40. The second-order valence-corrected chi connectivity index (χ2v) is 6.74. The molecule has 1 aliphatic heterocycles. The van der Waals surface area contributed by atoms with E-state index in [9.17, 15) is 4.79 Å². The highest BCUT2D eigenvalue weighted by molar-refractivity contribution is 9.10. The van der Waals surface area contributed by atoms with Crippen molar-refractivity contribution in [3.8, 4) is 5.75 Å². The summed E-state index contributed by atoms with van der Waals surface area (Å²) in [5.41, 5.74) is 1.96. The fourth-order valence-corrected chi connectivity index (χ4v) is 2.88. The number of hydrogen-bond donors (Lipinski definition) is 2. The second kappa shape index (κ2) is 8.31. The lowest BCUT2D eigenvalue weighted by molar-refractivity contribution is 0.139. The maximum absolute atomic E-state index is 12.6. The van der Waals surface area contributed by atoms with Crippen molar-refractivity contribution < 1.29 is 9.53 Å². The van der Waals surface area contributed by atoms with Crippen molar-refractivity contribution in [2.75, 3.05) is 26.2 Å². The van der Waals surface area contributed by atoms with Gasteiger partial charge in [-0.3, -0.25) is 10.3 Å². The van der Waals surface area contributed by atoms with Crippen molar-refractivity contribution in [1.29, 1.82) is 0 Å². The van der Waals surface area contributed by atoms with Crippen molar-refractivity contribution in [3.63, 3.8) is 0 Å². The van der Waals surface area contributed by atoms with Crippen molar-refractivity contribution >= 4 is 22.0 Å². The predicted octanol–water partition coefficient (Wildman–Crippen LogP) is 2.84. The lowest BCUT2D eigenvalue weighted by atomic mass is 10.1. The zero-order valence-corrected chi connectivity index (χ0v) is 15.6. The third-order valence-electron chi connectivity index (χ3n) is 4.03. The van der Waals surface area contributed by atoms with Crippen LogP contribution in [0.1, 0.15) is 17.4 Å². The van der Waals surface area contributed by atoms with Crippen molar-refractivity contribution in [1.82, 2.24) is 20.5 Å². The number of aromatic nitrogens is 1. The minimum atomic E-state index is -0.585. The molecule has 1 saturated heterocycles. The van der Waals surface area contributed by atoms with Crippen LogP contribution in [0.3, 0.4) is 0 Å². The first kappa shape index (κ1) is 17.7. The molecule has 0 spiro atoms. The molecule has 2 N–H and O–H groups in total. The number of carbonyl (C=O) groups excluding carboxylic acids is 1. The predicted molar refractivity (Wildman–Crippen MR) is 99.5 cm³/mol. The number of amides is 2. The molecule has 1 unspecified atom stereocenters. The van der Waals surface area contributed by atoms with E-state index in [1.54, 1.807) is 23.4 Å². The largest absolute Gasteiger partial charge is 0.465 e. The number of ether oxygens (including phenoxy) is 1. The highest BCUT2D eigenvalue weighted by Gasteiger charge is 2.22. The van der Waals surface area contributed by atoms with Crippen LogP contribution in [0.15, 0.2) is 47.2 Å². The van der Waals surface area contributed by atoms with Gasteiger partial charge in [-0.05, 0) is 36.8 Å². The van der Waals surface area contributed by atoms with Gasteiger partial charge in [-0.15, -0.1) is 0 Å². The molecule has 1 aromatic heterocycles. The normalized spacial score (nSPS) is 15.5. The average molecular weight is 405 g/mol. The Kier molecular flexibility index (Phi) is 5.88. The van der Waals surface area contributed by atoms with Crippen LogP contribution >= 0.6 is 15.9 Å². The van der Waals surface area contributed by atoms with Crippen molar-refractivity contribution in [2.45, 2.75) is 13.2 Å². The van der Waals surface area contributed by atoms with Gasteiger partial charge in [-0.1, -0.05) is 22.0 Å². The number of carbonyl (C=O) groups is 1. The lowest BCUT2D eigenvalue weighted by Gasteiger charge is -2.30. The smallest absolute Gasteiger partial charge is 0.320 e. The lowest BCUT2D eigenvalue weighted by Crippen LogP contribution is -2.51. The van der Waals surface area contributed by atoms with Gasteiger partial charge >= 0.3 is 6.03 Å². The van der Waals surface area contributed by atoms with E-state index < -0.39 is 6.23 Å². The molecule has 2 aromatic rings. The van der Waals surface area contributed by atoms with Gasteiger partial charge in [0.2, 0.25) is 0 Å². The van der Waals surface area contributed by atoms with Gasteiger partial charge in [0.1, 0.15) is 5.75 Å². The van der Waals surface area contributed by atoms with Crippen LogP contribution in [0.25, 0.3) is 0 Å². The first-order valence-electron chi connectivity index (χ1n) is 8.22. The summed E-state index contributed by atoms with van der Waals surface area (Å²) in [6.45, 7) is 4.99. The van der Waals surface area contributed by atoms with E-state index in [0.717, 1.165) is 28.7 Å². The molecule has 2 amide bonds. The van der Waals surface area contributed by atoms with Crippen LogP contribution in [-0.4, -0.2) is 42.1 Å². The number of urea groups is 1. The summed E-state index contributed by atoms with van der Waals surface area (Å²) in [7, 11) is 0. The van der Waals surface area contributed by atoms with Gasteiger partial charge in [-0.2, -0.15) is 0 Å². The Morgan fingerprint density at radius 1 is 1.36 bits per heavy atom. The zero-order chi connectivity index (χ0) is 17.6. The third-order valence-corrected chi connectivity index (χ3v) is 4.92. The first-order valence-corrected chi connectivity index (χ1v) is 9.01. The molecule has 0 aliphatic carbocycles. The van der Waals surface area contributed by atoms with E-state index in [0.29, 0.717) is 18.8 Å². The van der Waals surface area contributed by atoms with Gasteiger partial charge in [0.05, 0.1) is 6.20 Å². The summed E-state index contributed by atoms with van der Waals surface area (Å²) in [4.78, 5) is 18.5. The molecule has 7 heteroatoms. The maximum atomic E-state index is 12.6. The summed E-state index contributed by atoms with van der Waals surface area (Å²) >= 11 is 3.51. The van der Waals surface area contributed by atoms with Crippen LogP contribution in [0.2, 0.25) is 0 Å². The fourth-order valence-electron chi connectivity index (χ4n) is 2.64. The SMILES string of the molecule is Cc1cc(C(NC(=O)N2CCNCC2)Oc2cccnc2)ccc1Br. The number of hydrogen-bond acceptors (Lipinski definition) is 4. The Labute approximate surface area is 155 Å². The van der Waals surface area contributed by atoms with E-state index in [1.165, 1.54) is 0 Å². The maximum Gasteiger partial charge on any atom is 0.320 e. The van der Waals surface area contributed by atoms with Crippen LogP contribution in [0, 0.1) is 6.92 Å². The number of piperazine rings is 1. The number of pyridine rings is 1. The molecule has 1 fully saturated rings. The Balaban J connectivity index is 1.80. The molecule has 1 atom stereocenters. The number of halogens is 1. The molecule has 0 radical (unpaired) electrons. The Hall–Kier alpha value is -2.12. The third kappa shape index (κ3) is 4.70. The summed E-state index contributed by atoms with van der Waals surface area (Å²) in [6.07, 6.45) is 2.74. The quantitative estimate of drug-likeness (QED) is 0.768. The summed E-state index contributed by atoms with van der Waals surface area (Å²) in [5.74, 6) is 0.605. The minimum absolute atomic E-state index is 0.129. The molecule has 25 heavy (non-hydrogen) atoms. The van der Waals surface area contributed by atoms with Gasteiger partial charge in [0, 0.05) is 42.4 Å². The van der Waals surface area contributed by atoms with Gasteiger partial charge in [0.15, 0.2) is 6.23 Å². The topological polar surface area (TPSA) is 66.5 Å². The van der Waals surface area contributed by atoms with E-state index in [2.05, 4.69) is 31.5 Å². The van der Waals surface area contributed by atoms with Crippen LogP contribution in [0.4, 0.5) is 4.79 Å². The van der Waals surface area contributed by atoms with Gasteiger partial charge < -0.3 is 15.0 Å². The molecule has 1 aromatic carbocycles. The molecule has 1 aliphatic rings. The fraction of sp³-hybridized carbons (Fsp3) is 0.333. The van der Waals surface area contributed by atoms with Gasteiger partial charge in [0.25, 0.3) is 0 Å². The monoisotopic (exact) mass is 404 g/mol. The standard InChI is InChI=1S/C18H21BrN4O2/c1-13-11-14(4-5-16(13)19)17(25-15-3-2-6-21-12-15)22-18(24)23-9-7-20-8-10-23/h2-6,11-12,17,20H,7-10H2,1H3,(H,22,24). The van der Waals surface area contributed by atoms with Crippen molar-refractivity contribution in [2.24, 2.45) is 0 Å². The average Bonchev–Trinajstić information content (AvgIpc) is 2.65. The second-order valence-electron chi connectivity index (χ2n) is 5.88. The van der Waals surface area contributed by atoms with E-state index in [4.69, 9.17) is 4.74 Å². The molecule has 132 valence electrons. The molecule has 2 heterocycles. The molecule has 3 rings (SSSR count). The first-order chi connectivity index (χ1) is 12.1. The number of aryl methyl sites for hydroxylation is 1. The molecular weight excluding hydrogens is 384 g/mol. The number of rotatable bonds is 4. The van der Waals surface area contributed by atoms with Gasteiger partial charge in [-0.25, -0.2) is 4.79 Å². The van der Waals surface area contributed by atoms with E-state index in [1.807, 2.05) is 31.2 Å². The highest BCUT2D eigenvalue weighted by atomic mass is 79.9. The number of nitrogens with zero attached hydrogens (tertiary/aromatic N) is 2. The minimum Gasteiger partial charge on any atom is -0.465 e. The molecule has 6 nitrogen and oxygen atoms in total. The Morgan fingerprint density at radius 3 is 2.84 bits per heavy atom. The number of nitrogens with one attached hydrogen (secondary N) is 2. The van der Waals surface area contributed by atoms with E-state index in [-0.39, 0.29) is 6.03 Å². The summed E-state index contributed by atoms with van der Waals surface area (Å²) in [5, 5.41) is 6.23. The summed E-state index contributed by atoms with van der Waals surface area (Å²) < 4.78 is 7.02. The van der Waals surface area contributed by atoms with E-state index >= 15 is 0 Å². The Bertz CT molecular complexity index is 720. The highest BCUT2D eigenvalue weighted by Crippen LogP contribution is 2.24. The molecule has 0 saturated carbocycles. The molecular formula is C18H21BrN4O2. The van der Waals surface area contributed by atoms with Crippen LogP contribution in [-0.2, 0) is 0 Å². The van der Waals surface area contributed by atoms with Crippen molar-refractivity contribution in [3.05, 3.63) is 58.3 Å².